The molecule has 0 bridgehead atoms. The van der Waals surface area contributed by atoms with Gasteiger partial charge in [0, 0.05) is 17.6 Å². The van der Waals surface area contributed by atoms with Crippen molar-refractivity contribution in [1.82, 2.24) is 20.5 Å². The van der Waals surface area contributed by atoms with Crippen molar-refractivity contribution in [3.05, 3.63) is 52.3 Å². The zero-order chi connectivity index (χ0) is 21.6. The third kappa shape index (κ3) is 3.53. The average molecular weight is 446 g/mol. The van der Waals surface area contributed by atoms with Gasteiger partial charge in [-0.1, -0.05) is 43.6 Å². The normalized spacial score (nSPS) is 14.3. The molecule has 1 aliphatic heterocycles. The molecule has 4 N–H and O–H groups in total. The van der Waals surface area contributed by atoms with Gasteiger partial charge in [-0.05, 0) is 23.6 Å². The summed E-state index contributed by atoms with van der Waals surface area (Å²) in [5.41, 5.74) is 8.00. The van der Waals surface area contributed by atoms with Gasteiger partial charge in [0.15, 0.2) is 17.2 Å². The molecular formula is C19H17Cl2N7O2. The molecule has 0 fully saturated rings. The van der Waals surface area contributed by atoms with E-state index >= 15 is 0 Å². The first-order valence-electron chi connectivity index (χ1n) is 8.90. The highest BCUT2D eigenvalue weighted by molar-refractivity contribution is 6.37. The van der Waals surface area contributed by atoms with Crippen LogP contribution in [0, 0.1) is 0 Å². The fraction of sp³-hybridized carbons (Fsp3) is 0.158. The summed E-state index contributed by atoms with van der Waals surface area (Å²) in [5, 5.41) is 16.9. The summed E-state index contributed by atoms with van der Waals surface area (Å²) in [7, 11) is 0. The van der Waals surface area contributed by atoms with E-state index in [1.807, 2.05) is 6.20 Å². The summed E-state index contributed by atoms with van der Waals surface area (Å²) in [5.74, 6) is 0.770. The molecule has 11 heteroatoms. The first-order chi connectivity index (χ1) is 14.2. The van der Waals surface area contributed by atoms with Crippen LogP contribution in [-0.4, -0.2) is 27.0 Å². The zero-order valence-electron chi connectivity index (χ0n) is 16.0. The number of anilines is 1. The molecule has 0 saturated carbocycles. The molecule has 2 aromatic heterocycles. The van der Waals surface area contributed by atoms with Gasteiger partial charge in [0.05, 0.1) is 21.4 Å². The Kier molecular flexibility index (Phi) is 5.00. The Hall–Kier alpha value is -3.30. The van der Waals surface area contributed by atoms with Crippen LogP contribution in [-0.2, 0) is 0 Å². The van der Waals surface area contributed by atoms with Crippen LogP contribution in [0.1, 0.15) is 25.3 Å². The number of hydrazone groups is 1. The van der Waals surface area contributed by atoms with E-state index in [1.54, 1.807) is 6.07 Å². The highest BCUT2D eigenvalue weighted by atomic mass is 35.5. The number of aromatic nitrogens is 3. The number of ether oxygens (including phenoxy) is 1. The van der Waals surface area contributed by atoms with Crippen LogP contribution >= 0.6 is 23.2 Å². The van der Waals surface area contributed by atoms with Crippen molar-refractivity contribution in [2.75, 3.05) is 5.01 Å². The van der Waals surface area contributed by atoms with Crippen LogP contribution in [0.15, 0.2) is 41.8 Å². The van der Waals surface area contributed by atoms with E-state index in [-0.39, 0.29) is 33.2 Å². The van der Waals surface area contributed by atoms with Crippen molar-refractivity contribution in [3.63, 3.8) is 0 Å². The van der Waals surface area contributed by atoms with E-state index in [4.69, 9.17) is 33.7 Å². The van der Waals surface area contributed by atoms with Gasteiger partial charge in [0.2, 0.25) is 5.88 Å². The van der Waals surface area contributed by atoms with E-state index in [9.17, 15) is 4.79 Å². The van der Waals surface area contributed by atoms with Gasteiger partial charge < -0.3 is 20.8 Å². The van der Waals surface area contributed by atoms with Crippen LogP contribution in [0.3, 0.4) is 0 Å². The van der Waals surface area contributed by atoms with Crippen LogP contribution in [0.4, 0.5) is 10.5 Å². The number of nitrogens with zero attached hydrogens (tertiary/aromatic N) is 4. The lowest BCUT2D eigenvalue weighted by atomic mass is 10.0. The number of rotatable bonds is 4. The second-order valence-electron chi connectivity index (χ2n) is 6.89. The molecule has 3 heterocycles. The number of amides is 2. The van der Waals surface area contributed by atoms with Crippen molar-refractivity contribution >= 4 is 51.8 Å². The summed E-state index contributed by atoms with van der Waals surface area (Å²) in [6.07, 6.45) is 1.90. The predicted octanol–water partition coefficient (Wildman–Crippen LogP) is 4.50. The molecule has 154 valence electrons. The topological polar surface area (TPSA) is 122 Å². The molecule has 30 heavy (non-hydrogen) atoms. The van der Waals surface area contributed by atoms with E-state index in [0.717, 1.165) is 16.0 Å². The summed E-state index contributed by atoms with van der Waals surface area (Å²) in [6.45, 7) is 7.76. The molecule has 2 amide bonds. The third-order valence-electron chi connectivity index (χ3n) is 4.47. The number of amidine groups is 1. The van der Waals surface area contributed by atoms with E-state index in [1.165, 1.54) is 12.1 Å². The van der Waals surface area contributed by atoms with E-state index < -0.39 is 6.03 Å². The number of halogens is 2. The van der Waals surface area contributed by atoms with Crippen LogP contribution < -0.4 is 20.8 Å². The first-order valence-corrected chi connectivity index (χ1v) is 9.66. The molecule has 1 aliphatic rings. The number of aromatic amines is 1. The number of hydrogen-bond acceptors (Lipinski definition) is 6. The number of nitrogens with two attached hydrogens (primary N) is 1. The minimum atomic E-state index is -0.542. The molecule has 9 nitrogen and oxygen atoms in total. The summed E-state index contributed by atoms with van der Waals surface area (Å²) >= 11 is 12.8. The standard InChI is InChI=1S/C19H17Cl2N7O2/c1-8(2)12-7-23-18-11(12)6-15(25-26-18)30-16-13(20)4-10(5-14(16)21)28-19(29)24-9(3)17(22)27-28/h4-8H,3H2,1-2H3,(H2,22,27)(H,23,26)(H,24,29). The van der Waals surface area contributed by atoms with Crippen LogP contribution in [0.25, 0.3) is 11.0 Å². The van der Waals surface area contributed by atoms with Crippen molar-refractivity contribution in [3.8, 4) is 11.6 Å². The van der Waals surface area contributed by atoms with Gasteiger partial charge in [0.1, 0.15) is 0 Å². The lowest BCUT2D eigenvalue weighted by Crippen LogP contribution is -2.45. The van der Waals surface area contributed by atoms with E-state index in [2.05, 4.69) is 46.0 Å². The fourth-order valence-electron chi connectivity index (χ4n) is 2.96. The molecule has 3 aromatic rings. The van der Waals surface area contributed by atoms with Gasteiger partial charge in [-0.3, -0.25) is 0 Å². The number of nitrogens with one attached hydrogen (secondary N) is 2. The average Bonchev–Trinajstić information content (AvgIpc) is 3.11. The lowest BCUT2D eigenvalue weighted by Gasteiger charge is -2.24. The molecular weight excluding hydrogens is 429 g/mol. The summed E-state index contributed by atoms with van der Waals surface area (Å²) in [4.78, 5) is 15.3. The molecule has 0 unspecified atom stereocenters. The Labute approximate surface area is 181 Å². The number of fused-ring (bicyclic) bond motifs is 1. The van der Waals surface area contributed by atoms with Crippen LogP contribution in [0.2, 0.25) is 10.0 Å². The summed E-state index contributed by atoms with van der Waals surface area (Å²) < 4.78 is 5.81. The Balaban J connectivity index is 1.68. The van der Waals surface area contributed by atoms with Gasteiger partial charge >= 0.3 is 6.03 Å². The highest BCUT2D eigenvalue weighted by Gasteiger charge is 2.25. The maximum Gasteiger partial charge on any atom is 0.347 e. The Morgan fingerprint density at radius 3 is 2.57 bits per heavy atom. The fourth-order valence-corrected chi connectivity index (χ4v) is 3.51. The number of hydrogen-bond donors (Lipinski definition) is 3. The van der Waals surface area contributed by atoms with Crippen molar-refractivity contribution < 1.29 is 9.53 Å². The number of benzene rings is 1. The Bertz CT molecular complexity index is 1200. The maximum atomic E-state index is 12.2. The molecule has 0 saturated heterocycles. The zero-order valence-corrected chi connectivity index (χ0v) is 17.5. The summed E-state index contributed by atoms with van der Waals surface area (Å²) in [6, 6.07) is 4.19. The van der Waals surface area contributed by atoms with Crippen molar-refractivity contribution in [1.29, 1.82) is 0 Å². The highest BCUT2D eigenvalue weighted by Crippen LogP contribution is 2.40. The number of urea groups is 1. The second kappa shape index (κ2) is 7.51. The molecule has 0 radical (unpaired) electrons. The monoisotopic (exact) mass is 445 g/mol. The maximum absolute atomic E-state index is 12.2. The van der Waals surface area contributed by atoms with Crippen molar-refractivity contribution in [2.24, 2.45) is 10.8 Å². The Morgan fingerprint density at radius 1 is 1.20 bits per heavy atom. The quantitative estimate of drug-likeness (QED) is 0.545. The van der Waals surface area contributed by atoms with Gasteiger partial charge in [-0.25, -0.2) is 4.79 Å². The minimum absolute atomic E-state index is 0.0678. The minimum Gasteiger partial charge on any atom is -0.434 e. The molecule has 1 aromatic carbocycles. The molecule has 0 atom stereocenters. The first kappa shape index (κ1) is 20.0. The Morgan fingerprint density at radius 2 is 1.90 bits per heavy atom. The van der Waals surface area contributed by atoms with Crippen molar-refractivity contribution in [2.45, 2.75) is 19.8 Å². The SMILES string of the molecule is C=C1NC(=O)N(c2cc(Cl)c(Oc3cc4c(C(C)C)c[nH]c4nn3)c(Cl)c2)N=C1N. The van der Waals surface area contributed by atoms with Gasteiger partial charge in [-0.15, -0.1) is 15.3 Å². The predicted molar refractivity (Wildman–Crippen MR) is 116 cm³/mol. The molecule has 0 aliphatic carbocycles. The van der Waals surface area contributed by atoms with Gasteiger partial charge in [0.25, 0.3) is 0 Å². The number of carbonyl (C=O) groups is 1. The largest absolute Gasteiger partial charge is 0.434 e. The second-order valence-corrected chi connectivity index (χ2v) is 7.70. The molecule has 4 rings (SSSR count). The molecule has 0 spiro atoms. The smallest absolute Gasteiger partial charge is 0.347 e. The number of carbonyl (C=O) groups excluding carboxylic acids is 1. The lowest BCUT2D eigenvalue weighted by molar-refractivity contribution is 0.248. The van der Waals surface area contributed by atoms with E-state index in [0.29, 0.717) is 17.3 Å². The van der Waals surface area contributed by atoms with Gasteiger partial charge in [-0.2, -0.15) is 5.01 Å². The van der Waals surface area contributed by atoms with Crippen LogP contribution in [0.5, 0.6) is 11.6 Å². The third-order valence-corrected chi connectivity index (χ3v) is 5.03. The number of H-pyrrole nitrogens is 1.